The zero-order valence-electron chi connectivity index (χ0n) is 11.6. The minimum absolute atomic E-state index is 0.130. The summed E-state index contributed by atoms with van der Waals surface area (Å²) in [6.07, 6.45) is -2.66. The Kier molecular flexibility index (Phi) is 4.30. The molecule has 23 heavy (non-hydrogen) atoms. The lowest BCUT2D eigenvalue weighted by Crippen LogP contribution is -2.55. The molecule has 0 spiro atoms. The van der Waals surface area contributed by atoms with Crippen molar-refractivity contribution in [3.05, 3.63) is 102 Å². The van der Waals surface area contributed by atoms with Crippen molar-refractivity contribution in [2.75, 3.05) is 0 Å². The van der Waals surface area contributed by atoms with Gasteiger partial charge in [0.1, 0.15) is 9.85 Å². The summed E-state index contributed by atoms with van der Waals surface area (Å²) in [5.74, 6) is 0. The molecule has 0 amide bonds. The molecular formula is C14H11N3O6. The van der Waals surface area contributed by atoms with Crippen molar-refractivity contribution in [3.8, 4) is 0 Å². The summed E-state index contributed by atoms with van der Waals surface area (Å²) in [5, 5.41) is 34.5. The van der Waals surface area contributed by atoms with E-state index in [-0.39, 0.29) is 11.1 Å². The number of hydrogen-bond acceptors (Lipinski definition) is 6. The third-order valence-corrected chi connectivity index (χ3v) is 3.49. The molecule has 2 rings (SSSR count). The highest BCUT2D eigenvalue weighted by molar-refractivity contribution is 5.36. The monoisotopic (exact) mass is 317 g/mol. The molecule has 0 N–H and O–H groups in total. The van der Waals surface area contributed by atoms with Crippen LogP contribution in [0.4, 0.5) is 0 Å². The van der Waals surface area contributed by atoms with Gasteiger partial charge in [-0.3, -0.25) is 30.3 Å². The molecule has 0 aliphatic carbocycles. The summed E-state index contributed by atoms with van der Waals surface area (Å²) < 4.78 is 0. The second kappa shape index (κ2) is 6.18. The Labute approximate surface area is 129 Å². The molecular weight excluding hydrogens is 306 g/mol. The van der Waals surface area contributed by atoms with Crippen LogP contribution in [0.2, 0.25) is 0 Å². The van der Waals surface area contributed by atoms with E-state index in [0.717, 1.165) is 0 Å². The van der Waals surface area contributed by atoms with Gasteiger partial charge in [-0.15, -0.1) is 0 Å². The minimum atomic E-state index is -2.66. The fraction of sp³-hybridized carbons (Fsp3) is 0.143. The molecule has 9 nitrogen and oxygen atoms in total. The first-order chi connectivity index (χ1) is 10.9. The van der Waals surface area contributed by atoms with Crippen molar-refractivity contribution in [1.82, 2.24) is 0 Å². The number of benzene rings is 2. The zero-order valence-corrected chi connectivity index (χ0v) is 11.6. The van der Waals surface area contributed by atoms with E-state index in [1.165, 1.54) is 48.5 Å². The Hall–Kier alpha value is -3.36. The summed E-state index contributed by atoms with van der Waals surface area (Å²) in [7, 11) is 0. The summed E-state index contributed by atoms with van der Waals surface area (Å²) in [6, 6.07) is 14.0. The molecule has 0 fully saturated rings. The average Bonchev–Trinajstić information content (AvgIpc) is 2.53. The topological polar surface area (TPSA) is 129 Å². The third-order valence-electron chi connectivity index (χ3n) is 3.49. The number of nitrogens with zero attached hydrogens (tertiary/aromatic N) is 3. The van der Waals surface area contributed by atoms with Crippen molar-refractivity contribution in [3.63, 3.8) is 0 Å². The molecule has 2 aromatic carbocycles. The van der Waals surface area contributed by atoms with E-state index in [0.29, 0.717) is 0 Å². The van der Waals surface area contributed by atoms with Crippen LogP contribution >= 0.6 is 0 Å². The van der Waals surface area contributed by atoms with Crippen molar-refractivity contribution < 1.29 is 14.8 Å². The minimum Gasteiger partial charge on any atom is -0.263 e. The number of rotatable bonds is 6. The van der Waals surface area contributed by atoms with Gasteiger partial charge in [-0.25, -0.2) is 0 Å². The molecule has 2 aromatic rings. The average molecular weight is 317 g/mol. The maximum absolute atomic E-state index is 11.9. The summed E-state index contributed by atoms with van der Waals surface area (Å²) in [4.78, 5) is 31.0. The van der Waals surface area contributed by atoms with Crippen LogP contribution in [0.1, 0.15) is 11.1 Å². The maximum atomic E-state index is 11.9. The fourth-order valence-corrected chi connectivity index (χ4v) is 2.54. The summed E-state index contributed by atoms with van der Waals surface area (Å²) >= 11 is 0. The molecule has 0 radical (unpaired) electrons. The maximum Gasteiger partial charge on any atom is 0.526 e. The quantitative estimate of drug-likeness (QED) is 0.455. The summed E-state index contributed by atoms with van der Waals surface area (Å²) in [5.41, 5.74) is -2.89. The van der Waals surface area contributed by atoms with Gasteiger partial charge in [0.15, 0.2) is 0 Å². The van der Waals surface area contributed by atoms with E-state index in [1.54, 1.807) is 12.1 Å². The van der Waals surface area contributed by atoms with Gasteiger partial charge in [0.05, 0.1) is 4.92 Å². The molecule has 0 bridgehead atoms. The van der Waals surface area contributed by atoms with E-state index in [4.69, 9.17) is 0 Å². The van der Waals surface area contributed by atoms with Crippen molar-refractivity contribution >= 4 is 0 Å². The van der Waals surface area contributed by atoms with Crippen LogP contribution in [-0.2, 0) is 5.54 Å². The lowest BCUT2D eigenvalue weighted by Gasteiger charge is -2.23. The van der Waals surface area contributed by atoms with Crippen LogP contribution in [0.3, 0.4) is 0 Å². The smallest absolute Gasteiger partial charge is 0.263 e. The van der Waals surface area contributed by atoms with Gasteiger partial charge < -0.3 is 0 Å². The number of hydrogen-bond donors (Lipinski definition) is 0. The van der Waals surface area contributed by atoms with Crippen LogP contribution in [0.25, 0.3) is 0 Å². The molecule has 0 aliphatic rings. The second-order valence-corrected chi connectivity index (χ2v) is 4.70. The highest BCUT2D eigenvalue weighted by atomic mass is 16.7. The van der Waals surface area contributed by atoms with Gasteiger partial charge in [-0.05, 0) is 0 Å². The standard InChI is InChI=1S/C14H11N3O6/c18-15(19)13(16(20)21)14(17(22)23,11-7-3-1-4-8-11)12-9-5-2-6-10-12/h1-10,13H. The van der Waals surface area contributed by atoms with E-state index in [2.05, 4.69) is 0 Å². The van der Waals surface area contributed by atoms with Gasteiger partial charge >= 0.3 is 11.7 Å². The summed E-state index contributed by atoms with van der Waals surface area (Å²) in [6.45, 7) is 0. The van der Waals surface area contributed by atoms with Gasteiger partial charge in [-0.2, -0.15) is 0 Å². The lowest BCUT2D eigenvalue weighted by atomic mass is 9.81. The Morgan fingerprint density at radius 1 is 0.696 bits per heavy atom. The molecule has 0 heterocycles. The number of nitro groups is 3. The van der Waals surface area contributed by atoms with Crippen molar-refractivity contribution in [2.45, 2.75) is 11.7 Å². The first-order valence-corrected chi connectivity index (χ1v) is 6.45. The van der Waals surface area contributed by atoms with Crippen LogP contribution in [0.5, 0.6) is 0 Å². The molecule has 0 aliphatic heterocycles. The molecule has 118 valence electrons. The molecule has 0 unspecified atom stereocenters. The molecule has 0 aromatic heterocycles. The van der Waals surface area contributed by atoms with E-state index in [1.807, 2.05) is 0 Å². The van der Waals surface area contributed by atoms with E-state index in [9.17, 15) is 30.3 Å². The van der Waals surface area contributed by atoms with Gasteiger partial charge in [0.2, 0.25) is 0 Å². The van der Waals surface area contributed by atoms with Gasteiger partial charge in [0, 0.05) is 11.1 Å². The van der Waals surface area contributed by atoms with E-state index < -0.39 is 26.5 Å². The largest absolute Gasteiger partial charge is 0.526 e. The van der Waals surface area contributed by atoms with Crippen LogP contribution in [-0.4, -0.2) is 20.9 Å². The van der Waals surface area contributed by atoms with Crippen LogP contribution < -0.4 is 0 Å². The Bertz CT molecular complexity index is 681. The fourth-order valence-electron chi connectivity index (χ4n) is 2.54. The lowest BCUT2D eigenvalue weighted by molar-refractivity contribution is -0.801. The zero-order chi connectivity index (χ0) is 17.0. The van der Waals surface area contributed by atoms with Crippen LogP contribution in [0.15, 0.2) is 60.7 Å². The predicted molar refractivity (Wildman–Crippen MR) is 78.4 cm³/mol. The Balaban J connectivity index is 2.89. The highest BCUT2D eigenvalue weighted by Crippen LogP contribution is 2.37. The molecule has 0 saturated heterocycles. The highest BCUT2D eigenvalue weighted by Gasteiger charge is 2.69. The Morgan fingerprint density at radius 3 is 1.30 bits per heavy atom. The third kappa shape index (κ3) is 2.59. The van der Waals surface area contributed by atoms with Crippen molar-refractivity contribution in [1.29, 1.82) is 0 Å². The Morgan fingerprint density at radius 2 is 1.04 bits per heavy atom. The predicted octanol–water partition coefficient (Wildman–Crippen LogP) is 2.09. The van der Waals surface area contributed by atoms with Crippen molar-refractivity contribution in [2.24, 2.45) is 0 Å². The van der Waals surface area contributed by atoms with Gasteiger partial charge in [0.25, 0.3) is 0 Å². The van der Waals surface area contributed by atoms with Gasteiger partial charge in [-0.1, -0.05) is 60.7 Å². The normalized spacial score (nSPS) is 11.2. The first-order valence-electron chi connectivity index (χ1n) is 6.45. The van der Waals surface area contributed by atoms with E-state index >= 15 is 0 Å². The second-order valence-electron chi connectivity index (χ2n) is 4.70. The molecule has 0 atom stereocenters. The SMILES string of the molecule is O=[N+]([O-])C([N+](=O)[O-])C(c1ccccc1)(c1ccccc1)[N+](=O)[O-]. The first kappa shape index (κ1) is 16.0. The van der Waals surface area contributed by atoms with Crippen LogP contribution in [0, 0.1) is 30.3 Å². The molecule has 0 saturated carbocycles. The molecule has 9 heteroatoms.